The van der Waals surface area contributed by atoms with Crippen molar-refractivity contribution in [2.75, 3.05) is 11.2 Å². The number of hydrogen-bond acceptors (Lipinski definition) is 7. The molecule has 0 aromatic carbocycles. The van der Waals surface area contributed by atoms with Crippen LogP contribution in [0.25, 0.3) is 0 Å². The Balaban J connectivity index is 1.95. The molecule has 0 bridgehead atoms. The van der Waals surface area contributed by atoms with Crippen molar-refractivity contribution in [3.8, 4) is 0 Å². The molecule has 0 radical (unpaired) electrons. The van der Waals surface area contributed by atoms with Crippen molar-refractivity contribution in [2.24, 2.45) is 0 Å². The normalized spacial score (nSPS) is 12.3. The van der Waals surface area contributed by atoms with Gasteiger partial charge in [-0.2, -0.15) is 0 Å². The van der Waals surface area contributed by atoms with E-state index in [4.69, 9.17) is 10.4 Å². The summed E-state index contributed by atoms with van der Waals surface area (Å²) in [5.74, 6) is 6.36. The minimum atomic E-state index is -0.381. The number of nitrogens with two attached hydrogens (primary N) is 1. The van der Waals surface area contributed by atoms with Crippen LogP contribution in [0.2, 0.25) is 0 Å². The van der Waals surface area contributed by atoms with Crippen LogP contribution in [-0.2, 0) is 4.79 Å². The van der Waals surface area contributed by atoms with Crippen LogP contribution in [0.3, 0.4) is 0 Å². The Morgan fingerprint density at radius 1 is 1.67 bits per heavy atom. The third kappa shape index (κ3) is 2.80. The van der Waals surface area contributed by atoms with E-state index in [0.717, 1.165) is 0 Å². The number of carbonyl (C=O) groups excluding carboxylic acids is 1. The van der Waals surface area contributed by atoms with Gasteiger partial charge in [0, 0.05) is 6.07 Å². The molecule has 96 valence electrons. The highest BCUT2D eigenvalue weighted by atomic mass is 32.2. The zero-order chi connectivity index (χ0) is 13.1. The number of thioether (sulfide) groups is 1. The summed E-state index contributed by atoms with van der Waals surface area (Å²) >= 11 is 1.20. The van der Waals surface area contributed by atoms with Crippen molar-refractivity contribution in [1.29, 1.82) is 0 Å². The van der Waals surface area contributed by atoms with Gasteiger partial charge in [0.1, 0.15) is 12.1 Å². The third-order valence-electron chi connectivity index (χ3n) is 2.07. The van der Waals surface area contributed by atoms with Crippen molar-refractivity contribution in [1.82, 2.24) is 20.0 Å². The third-order valence-corrected chi connectivity index (χ3v) is 3.14. The molecule has 8 nitrogen and oxygen atoms in total. The van der Waals surface area contributed by atoms with Gasteiger partial charge in [-0.25, -0.2) is 4.68 Å². The van der Waals surface area contributed by atoms with Gasteiger partial charge in [0.25, 0.3) is 0 Å². The maximum atomic E-state index is 11.8. The quantitative estimate of drug-likeness (QED) is 0.610. The van der Waals surface area contributed by atoms with E-state index in [-0.39, 0.29) is 11.2 Å². The van der Waals surface area contributed by atoms with E-state index in [1.807, 2.05) is 0 Å². The van der Waals surface area contributed by atoms with Gasteiger partial charge in [0.05, 0.1) is 5.25 Å². The first-order chi connectivity index (χ1) is 8.56. The number of aromatic nitrogens is 4. The van der Waals surface area contributed by atoms with Gasteiger partial charge < -0.3 is 15.7 Å². The van der Waals surface area contributed by atoms with Crippen molar-refractivity contribution in [3.05, 3.63) is 18.2 Å². The second-order valence-corrected chi connectivity index (χ2v) is 4.90. The lowest BCUT2D eigenvalue weighted by atomic mass is 10.4. The molecule has 0 aliphatic rings. The molecule has 3 N–H and O–H groups in total. The summed E-state index contributed by atoms with van der Waals surface area (Å²) in [5.41, 5.74) is 0. The Hall–Kier alpha value is -2.03. The van der Waals surface area contributed by atoms with Crippen LogP contribution in [0, 0.1) is 6.92 Å². The van der Waals surface area contributed by atoms with Crippen LogP contribution in [-0.4, -0.2) is 31.2 Å². The highest BCUT2D eigenvalue weighted by Gasteiger charge is 2.18. The first-order valence-electron chi connectivity index (χ1n) is 5.12. The van der Waals surface area contributed by atoms with Crippen LogP contribution in [0.4, 0.5) is 5.82 Å². The van der Waals surface area contributed by atoms with Crippen LogP contribution in [0.1, 0.15) is 12.7 Å². The summed E-state index contributed by atoms with van der Waals surface area (Å²) in [5, 5.41) is 13.8. The average Bonchev–Trinajstić information content (AvgIpc) is 2.89. The number of aryl methyl sites for hydroxylation is 1. The summed E-state index contributed by atoms with van der Waals surface area (Å²) in [6.45, 7) is 3.49. The van der Waals surface area contributed by atoms with Crippen LogP contribution < -0.4 is 11.2 Å². The molecular formula is C9H12N6O2S. The fraction of sp³-hybridized carbons (Fsp3) is 0.333. The number of nitrogens with one attached hydrogen (secondary N) is 1. The van der Waals surface area contributed by atoms with Crippen LogP contribution >= 0.6 is 11.8 Å². The molecule has 0 saturated heterocycles. The molecule has 0 unspecified atom stereocenters. The molecule has 0 saturated carbocycles. The molecule has 2 aromatic heterocycles. The van der Waals surface area contributed by atoms with Gasteiger partial charge in [0.2, 0.25) is 11.1 Å². The van der Waals surface area contributed by atoms with Gasteiger partial charge in [-0.3, -0.25) is 4.79 Å². The van der Waals surface area contributed by atoms with Crippen molar-refractivity contribution in [3.63, 3.8) is 0 Å². The average molecular weight is 268 g/mol. The van der Waals surface area contributed by atoms with Crippen LogP contribution in [0.5, 0.6) is 0 Å². The Bertz CT molecular complexity index is 551. The van der Waals surface area contributed by atoms with Gasteiger partial charge in [-0.15, -0.1) is 10.2 Å². The summed E-state index contributed by atoms with van der Waals surface area (Å²) < 4.78 is 6.11. The van der Waals surface area contributed by atoms with E-state index in [1.54, 1.807) is 19.9 Å². The fourth-order valence-electron chi connectivity index (χ4n) is 1.18. The topological polar surface area (TPSA) is 112 Å². The fourth-order valence-corrected chi connectivity index (χ4v) is 1.93. The maximum Gasteiger partial charge on any atom is 0.238 e. The second-order valence-electron chi connectivity index (χ2n) is 3.59. The lowest BCUT2D eigenvalue weighted by Crippen LogP contribution is -2.23. The molecular weight excluding hydrogens is 256 g/mol. The highest BCUT2D eigenvalue weighted by molar-refractivity contribution is 8.00. The Morgan fingerprint density at radius 3 is 3.00 bits per heavy atom. The number of nitrogen functional groups attached to an aromatic ring is 1. The van der Waals surface area contributed by atoms with E-state index in [2.05, 4.69) is 20.7 Å². The summed E-state index contributed by atoms with van der Waals surface area (Å²) in [7, 11) is 0. The van der Waals surface area contributed by atoms with Gasteiger partial charge in [-0.05, 0) is 13.8 Å². The summed E-state index contributed by atoms with van der Waals surface area (Å²) in [6.07, 6.45) is 1.37. The lowest BCUT2D eigenvalue weighted by molar-refractivity contribution is -0.115. The molecule has 0 aliphatic carbocycles. The Morgan fingerprint density at radius 2 is 2.44 bits per heavy atom. The zero-order valence-electron chi connectivity index (χ0n) is 9.82. The number of rotatable bonds is 4. The minimum Gasteiger partial charge on any atom is -0.360 e. The van der Waals surface area contributed by atoms with E-state index < -0.39 is 0 Å². The molecule has 2 rings (SSSR count). The summed E-state index contributed by atoms with van der Waals surface area (Å²) in [4.78, 5) is 11.8. The Labute approximate surface area is 107 Å². The predicted molar refractivity (Wildman–Crippen MR) is 65.4 cm³/mol. The molecule has 9 heteroatoms. The second kappa shape index (κ2) is 5.08. The van der Waals surface area contributed by atoms with Crippen molar-refractivity contribution >= 4 is 23.5 Å². The molecule has 0 aliphatic heterocycles. The zero-order valence-corrected chi connectivity index (χ0v) is 10.6. The number of hydrogen-bond donors (Lipinski definition) is 2. The van der Waals surface area contributed by atoms with Gasteiger partial charge in [-0.1, -0.05) is 16.9 Å². The van der Waals surface area contributed by atoms with E-state index >= 15 is 0 Å². The van der Waals surface area contributed by atoms with E-state index in [0.29, 0.717) is 16.7 Å². The first kappa shape index (κ1) is 12.4. The summed E-state index contributed by atoms with van der Waals surface area (Å²) in [6, 6.07) is 1.64. The lowest BCUT2D eigenvalue weighted by Gasteiger charge is -2.08. The molecule has 2 aromatic rings. The molecule has 18 heavy (non-hydrogen) atoms. The van der Waals surface area contributed by atoms with Crippen molar-refractivity contribution < 1.29 is 9.32 Å². The number of amides is 1. The van der Waals surface area contributed by atoms with E-state index in [9.17, 15) is 4.79 Å². The maximum absolute atomic E-state index is 11.8. The largest absolute Gasteiger partial charge is 0.360 e. The monoisotopic (exact) mass is 268 g/mol. The Kier molecular flexibility index (Phi) is 3.51. The van der Waals surface area contributed by atoms with Crippen LogP contribution in [0.15, 0.2) is 22.1 Å². The highest BCUT2D eigenvalue weighted by Crippen LogP contribution is 2.20. The van der Waals surface area contributed by atoms with E-state index in [1.165, 1.54) is 22.8 Å². The molecule has 1 amide bonds. The predicted octanol–water partition coefficient (Wildman–Crippen LogP) is 0.408. The van der Waals surface area contributed by atoms with Gasteiger partial charge >= 0.3 is 0 Å². The number of nitrogens with zero attached hydrogens (tertiary/aromatic N) is 4. The minimum absolute atomic E-state index is 0.212. The number of anilines is 1. The standard InChI is InChI=1S/C9H12N6O2S/c1-5-3-7(14-17-5)12-8(16)6(2)18-9-13-11-4-15(9)10/h3-4,6H,10H2,1-2H3,(H,12,14,16)/t6-/m0/s1. The SMILES string of the molecule is Cc1cc(NC(=O)[C@H](C)Sc2nncn2N)no1. The molecule has 0 spiro atoms. The smallest absolute Gasteiger partial charge is 0.238 e. The number of carbonyl (C=O) groups is 1. The van der Waals surface area contributed by atoms with Crippen molar-refractivity contribution in [2.45, 2.75) is 24.3 Å². The molecule has 1 atom stereocenters. The molecule has 0 fully saturated rings. The van der Waals surface area contributed by atoms with Gasteiger partial charge in [0.15, 0.2) is 5.82 Å². The first-order valence-corrected chi connectivity index (χ1v) is 6.00. The molecule has 2 heterocycles.